The molecule has 7 heteroatoms. The number of carbonyl (C=O) groups excluding carboxylic acids is 1. The second-order valence-electron chi connectivity index (χ2n) is 6.11. The summed E-state index contributed by atoms with van der Waals surface area (Å²) in [4.78, 5) is 23.9. The maximum absolute atomic E-state index is 12.8. The van der Waals surface area contributed by atoms with Crippen LogP contribution in [0.2, 0.25) is 15.1 Å². The van der Waals surface area contributed by atoms with Crippen LogP contribution >= 0.6 is 34.8 Å². The number of hydrogen-bond acceptors (Lipinski definition) is 2. The maximum atomic E-state index is 12.8. The van der Waals surface area contributed by atoms with Gasteiger partial charge >= 0.3 is 5.97 Å². The Morgan fingerprint density at radius 1 is 0.893 bits per heavy atom. The van der Waals surface area contributed by atoms with E-state index in [1.54, 1.807) is 37.3 Å². The van der Waals surface area contributed by atoms with Crippen LogP contribution in [0.1, 0.15) is 26.3 Å². The number of carboxylic acids is 1. The van der Waals surface area contributed by atoms with Gasteiger partial charge in [0.15, 0.2) is 0 Å². The van der Waals surface area contributed by atoms with Gasteiger partial charge in [-0.3, -0.25) is 4.79 Å². The smallest absolute Gasteiger partial charge is 0.335 e. The van der Waals surface area contributed by atoms with Crippen molar-refractivity contribution in [3.8, 4) is 11.1 Å². The van der Waals surface area contributed by atoms with Crippen LogP contribution in [0.4, 0.5) is 5.69 Å². The molecule has 0 radical (unpaired) electrons. The molecule has 2 N–H and O–H groups in total. The van der Waals surface area contributed by atoms with E-state index < -0.39 is 11.9 Å². The first-order valence-corrected chi connectivity index (χ1v) is 9.30. The molecule has 0 spiro atoms. The van der Waals surface area contributed by atoms with Crippen molar-refractivity contribution in [1.29, 1.82) is 0 Å². The Kier molecular flexibility index (Phi) is 5.94. The summed E-state index contributed by atoms with van der Waals surface area (Å²) in [6.07, 6.45) is 0. The zero-order valence-corrected chi connectivity index (χ0v) is 16.9. The highest BCUT2D eigenvalue weighted by atomic mass is 35.5. The van der Waals surface area contributed by atoms with Gasteiger partial charge in [0.1, 0.15) is 0 Å². The zero-order chi connectivity index (χ0) is 20.4. The number of hydrogen-bond donors (Lipinski definition) is 2. The van der Waals surface area contributed by atoms with E-state index in [2.05, 4.69) is 5.32 Å². The molecule has 0 heterocycles. The number of carboxylic acid groups (broad SMARTS) is 1. The largest absolute Gasteiger partial charge is 0.478 e. The van der Waals surface area contributed by atoms with Crippen LogP contribution in [0, 0.1) is 6.92 Å². The third kappa shape index (κ3) is 4.30. The molecule has 1 amide bonds. The molecule has 0 bridgehead atoms. The topological polar surface area (TPSA) is 66.4 Å². The molecule has 3 aromatic rings. The van der Waals surface area contributed by atoms with Crippen molar-refractivity contribution in [2.45, 2.75) is 6.92 Å². The van der Waals surface area contributed by atoms with Crippen LogP contribution in [0.15, 0.2) is 54.6 Å². The lowest BCUT2D eigenvalue weighted by Crippen LogP contribution is -2.14. The minimum Gasteiger partial charge on any atom is -0.478 e. The third-order valence-corrected chi connectivity index (χ3v) is 5.00. The molecule has 0 aliphatic rings. The molecule has 0 aromatic heterocycles. The van der Waals surface area contributed by atoms with Gasteiger partial charge in [0.25, 0.3) is 5.91 Å². The van der Waals surface area contributed by atoms with E-state index in [0.29, 0.717) is 16.3 Å². The fraction of sp³-hybridized carbons (Fsp3) is 0.0476. The number of aryl methyl sites for hydroxylation is 1. The molecule has 3 rings (SSSR count). The van der Waals surface area contributed by atoms with Crippen molar-refractivity contribution in [1.82, 2.24) is 0 Å². The highest BCUT2D eigenvalue weighted by molar-refractivity contribution is 6.36. The maximum Gasteiger partial charge on any atom is 0.335 e. The molecular formula is C21H14Cl3NO3. The molecule has 0 unspecified atom stereocenters. The second-order valence-corrected chi connectivity index (χ2v) is 7.37. The van der Waals surface area contributed by atoms with E-state index in [-0.39, 0.29) is 21.2 Å². The number of amides is 1. The molecule has 0 saturated heterocycles. The Morgan fingerprint density at radius 3 is 2.25 bits per heavy atom. The molecule has 28 heavy (non-hydrogen) atoms. The second kappa shape index (κ2) is 8.23. The van der Waals surface area contributed by atoms with E-state index in [1.807, 2.05) is 12.1 Å². The first-order valence-electron chi connectivity index (χ1n) is 8.16. The molecule has 0 aliphatic heterocycles. The molecule has 0 saturated carbocycles. The minimum atomic E-state index is -1.10. The lowest BCUT2D eigenvalue weighted by Gasteiger charge is -2.13. The number of nitrogens with one attached hydrogen (secondary N) is 1. The van der Waals surface area contributed by atoms with Gasteiger partial charge in [-0.15, -0.1) is 0 Å². The molecule has 3 aromatic carbocycles. The third-order valence-electron chi connectivity index (χ3n) is 4.14. The van der Waals surface area contributed by atoms with Gasteiger partial charge in [-0.25, -0.2) is 4.79 Å². The van der Waals surface area contributed by atoms with Gasteiger partial charge in [-0.05, 0) is 60.0 Å². The van der Waals surface area contributed by atoms with Crippen LogP contribution < -0.4 is 5.32 Å². The zero-order valence-electron chi connectivity index (χ0n) is 14.6. The Morgan fingerprint density at radius 2 is 1.61 bits per heavy atom. The summed E-state index contributed by atoms with van der Waals surface area (Å²) in [5.41, 5.74) is 2.79. The molecule has 0 atom stereocenters. The van der Waals surface area contributed by atoms with Gasteiger partial charge in [0.2, 0.25) is 0 Å². The van der Waals surface area contributed by atoms with Crippen LogP contribution in [-0.4, -0.2) is 17.0 Å². The molecule has 0 fully saturated rings. The summed E-state index contributed by atoms with van der Waals surface area (Å²) in [5.74, 6) is -1.55. The first kappa shape index (κ1) is 20.2. The molecule has 0 aliphatic carbocycles. The highest BCUT2D eigenvalue weighted by Crippen LogP contribution is 2.31. The summed E-state index contributed by atoms with van der Waals surface area (Å²) in [6, 6.07) is 15.1. The quantitative estimate of drug-likeness (QED) is 0.488. The average molecular weight is 435 g/mol. The minimum absolute atomic E-state index is 0.0430. The van der Waals surface area contributed by atoms with Gasteiger partial charge in [-0.2, -0.15) is 0 Å². The van der Waals surface area contributed by atoms with Gasteiger partial charge in [0.05, 0.1) is 26.9 Å². The summed E-state index contributed by atoms with van der Waals surface area (Å²) in [7, 11) is 0. The van der Waals surface area contributed by atoms with E-state index in [1.165, 1.54) is 12.1 Å². The number of halogens is 3. The monoisotopic (exact) mass is 433 g/mol. The predicted molar refractivity (Wildman–Crippen MR) is 113 cm³/mol. The molecular weight excluding hydrogens is 421 g/mol. The lowest BCUT2D eigenvalue weighted by atomic mass is 10.0. The highest BCUT2D eigenvalue weighted by Gasteiger charge is 2.17. The Labute approximate surface area is 176 Å². The van der Waals surface area contributed by atoms with Crippen molar-refractivity contribution in [2.24, 2.45) is 0 Å². The Balaban J connectivity index is 1.95. The summed E-state index contributed by atoms with van der Waals surface area (Å²) < 4.78 is 0. The summed E-state index contributed by atoms with van der Waals surface area (Å²) >= 11 is 18.4. The standard InChI is InChI=1S/C21H14Cl3NO3/c1-11-7-14(21(27)28)10-18(24)19(11)25-20(26)16-9-13(5-6-17(16)23)12-3-2-4-15(22)8-12/h2-10H,1H3,(H,25,26)(H,27,28). The van der Waals surface area contributed by atoms with Crippen LogP contribution in [0.3, 0.4) is 0 Å². The number of benzene rings is 3. The van der Waals surface area contributed by atoms with E-state index >= 15 is 0 Å². The molecule has 4 nitrogen and oxygen atoms in total. The van der Waals surface area contributed by atoms with Gasteiger partial charge in [-0.1, -0.05) is 53.0 Å². The van der Waals surface area contributed by atoms with Crippen molar-refractivity contribution >= 4 is 52.4 Å². The van der Waals surface area contributed by atoms with Gasteiger partial charge in [0, 0.05) is 5.02 Å². The van der Waals surface area contributed by atoms with Crippen LogP contribution in [-0.2, 0) is 0 Å². The normalized spacial score (nSPS) is 10.6. The fourth-order valence-corrected chi connectivity index (χ4v) is 3.46. The fourth-order valence-electron chi connectivity index (χ4n) is 2.75. The van der Waals surface area contributed by atoms with Crippen LogP contribution in [0.25, 0.3) is 11.1 Å². The van der Waals surface area contributed by atoms with Crippen molar-refractivity contribution in [3.05, 3.63) is 86.4 Å². The Hall–Kier alpha value is -2.53. The van der Waals surface area contributed by atoms with Crippen molar-refractivity contribution < 1.29 is 14.7 Å². The van der Waals surface area contributed by atoms with Gasteiger partial charge < -0.3 is 10.4 Å². The van der Waals surface area contributed by atoms with E-state index in [4.69, 9.17) is 39.9 Å². The Bertz CT molecular complexity index is 1070. The number of aromatic carboxylic acids is 1. The first-order chi connectivity index (χ1) is 13.3. The van der Waals surface area contributed by atoms with Crippen molar-refractivity contribution in [2.75, 3.05) is 5.32 Å². The number of anilines is 1. The number of rotatable bonds is 4. The molecule has 142 valence electrons. The van der Waals surface area contributed by atoms with Crippen molar-refractivity contribution in [3.63, 3.8) is 0 Å². The van der Waals surface area contributed by atoms with Crippen LogP contribution in [0.5, 0.6) is 0 Å². The summed E-state index contributed by atoms with van der Waals surface area (Å²) in [6.45, 7) is 1.66. The lowest BCUT2D eigenvalue weighted by molar-refractivity contribution is 0.0696. The van der Waals surface area contributed by atoms with E-state index in [0.717, 1.165) is 11.1 Å². The van der Waals surface area contributed by atoms with E-state index in [9.17, 15) is 9.59 Å². The average Bonchev–Trinajstić information content (AvgIpc) is 2.64. The number of carbonyl (C=O) groups is 2. The SMILES string of the molecule is Cc1cc(C(=O)O)cc(Cl)c1NC(=O)c1cc(-c2cccc(Cl)c2)ccc1Cl. The summed E-state index contributed by atoms with van der Waals surface area (Å²) in [5, 5.41) is 12.8. The predicted octanol–water partition coefficient (Wildman–Crippen LogP) is 6.57.